The molecule has 0 aliphatic heterocycles. The highest BCUT2D eigenvalue weighted by Gasteiger charge is 2.12. The average molecular weight is 232 g/mol. The first-order chi connectivity index (χ1) is 7.47. The van der Waals surface area contributed by atoms with Gasteiger partial charge in [-0.05, 0) is 13.8 Å². The lowest BCUT2D eigenvalue weighted by molar-refractivity contribution is -0.140. The monoisotopic (exact) mass is 232 g/mol. The molecule has 3 N–H and O–H groups in total. The van der Waals surface area contributed by atoms with Crippen molar-refractivity contribution in [3.63, 3.8) is 0 Å². The third kappa shape index (κ3) is 7.05. The third-order valence-electron chi connectivity index (χ3n) is 1.99. The van der Waals surface area contributed by atoms with Gasteiger partial charge in [-0.1, -0.05) is 6.92 Å². The fraction of sp³-hybridized carbons (Fsp3) is 0.800. The van der Waals surface area contributed by atoms with E-state index in [0.717, 1.165) is 0 Å². The van der Waals surface area contributed by atoms with Crippen molar-refractivity contribution in [3.8, 4) is 0 Å². The van der Waals surface area contributed by atoms with Crippen LogP contribution in [0.4, 0.5) is 4.79 Å². The summed E-state index contributed by atoms with van der Waals surface area (Å²) in [7, 11) is 0. The van der Waals surface area contributed by atoms with E-state index >= 15 is 0 Å². The number of carboxylic acids is 1. The van der Waals surface area contributed by atoms with Crippen molar-refractivity contribution >= 4 is 12.0 Å². The summed E-state index contributed by atoms with van der Waals surface area (Å²) in [6.07, 6.45) is -0.0485. The zero-order chi connectivity index (χ0) is 12.6. The largest absolute Gasteiger partial charge is 0.481 e. The van der Waals surface area contributed by atoms with Gasteiger partial charge in [0.15, 0.2) is 0 Å². The Morgan fingerprint density at radius 3 is 2.31 bits per heavy atom. The lowest BCUT2D eigenvalue weighted by Crippen LogP contribution is -2.42. The first-order valence-corrected chi connectivity index (χ1v) is 5.33. The number of rotatable bonds is 7. The fourth-order valence-electron chi connectivity index (χ4n) is 0.975. The first-order valence-electron chi connectivity index (χ1n) is 5.33. The number of carbonyl (C=O) groups is 2. The van der Waals surface area contributed by atoms with Crippen molar-refractivity contribution in [1.29, 1.82) is 0 Å². The van der Waals surface area contributed by atoms with Gasteiger partial charge in [0.1, 0.15) is 0 Å². The van der Waals surface area contributed by atoms with E-state index in [9.17, 15) is 9.59 Å². The smallest absolute Gasteiger partial charge is 0.314 e. The Hall–Kier alpha value is -1.30. The zero-order valence-electron chi connectivity index (χ0n) is 9.95. The summed E-state index contributed by atoms with van der Waals surface area (Å²) < 4.78 is 5.22. The van der Waals surface area contributed by atoms with Crippen LogP contribution in [0, 0.1) is 5.92 Å². The van der Waals surface area contributed by atoms with Gasteiger partial charge in [0.05, 0.1) is 12.0 Å². The van der Waals surface area contributed by atoms with Crippen molar-refractivity contribution in [2.75, 3.05) is 19.7 Å². The maximum absolute atomic E-state index is 11.2. The highest BCUT2D eigenvalue weighted by molar-refractivity contribution is 5.75. The number of nitrogens with one attached hydrogen (secondary N) is 2. The molecule has 6 nitrogen and oxygen atoms in total. The predicted octanol–water partition coefficient (Wildman–Crippen LogP) is 0.431. The van der Waals surface area contributed by atoms with Gasteiger partial charge in [0.25, 0.3) is 0 Å². The molecule has 16 heavy (non-hydrogen) atoms. The van der Waals surface area contributed by atoms with Gasteiger partial charge in [-0.2, -0.15) is 0 Å². The highest BCUT2D eigenvalue weighted by Crippen LogP contribution is 1.91. The molecule has 6 heteroatoms. The number of aliphatic carboxylic acids is 1. The van der Waals surface area contributed by atoms with Gasteiger partial charge in [-0.15, -0.1) is 0 Å². The average Bonchev–Trinajstić information content (AvgIpc) is 2.23. The predicted molar refractivity (Wildman–Crippen MR) is 59.3 cm³/mol. The molecular formula is C10H20N2O4. The Bertz CT molecular complexity index is 233. The summed E-state index contributed by atoms with van der Waals surface area (Å²) >= 11 is 0. The molecule has 0 rings (SSSR count). The molecule has 0 aromatic heterocycles. The van der Waals surface area contributed by atoms with Gasteiger partial charge < -0.3 is 20.5 Å². The van der Waals surface area contributed by atoms with Crippen molar-refractivity contribution < 1.29 is 19.4 Å². The van der Waals surface area contributed by atoms with Crippen LogP contribution in [0.25, 0.3) is 0 Å². The SMILES string of the molecule is CCOC(C)CNC(=O)NCC(C)C(=O)O. The van der Waals surface area contributed by atoms with Gasteiger partial charge in [0, 0.05) is 19.7 Å². The Morgan fingerprint density at radius 2 is 1.81 bits per heavy atom. The van der Waals surface area contributed by atoms with E-state index in [-0.39, 0.29) is 18.7 Å². The fourth-order valence-corrected chi connectivity index (χ4v) is 0.975. The zero-order valence-corrected chi connectivity index (χ0v) is 9.95. The molecule has 0 heterocycles. The minimum Gasteiger partial charge on any atom is -0.481 e. The highest BCUT2D eigenvalue weighted by atomic mass is 16.5. The molecule has 0 aromatic carbocycles. The summed E-state index contributed by atoms with van der Waals surface area (Å²) in [4.78, 5) is 21.7. The molecule has 2 amide bonds. The van der Waals surface area contributed by atoms with Crippen LogP contribution in [0.5, 0.6) is 0 Å². The van der Waals surface area contributed by atoms with E-state index in [2.05, 4.69) is 10.6 Å². The lowest BCUT2D eigenvalue weighted by Gasteiger charge is -2.14. The van der Waals surface area contributed by atoms with Crippen LogP contribution in [0.15, 0.2) is 0 Å². The van der Waals surface area contributed by atoms with Gasteiger partial charge in [-0.3, -0.25) is 4.79 Å². The lowest BCUT2D eigenvalue weighted by atomic mass is 10.2. The van der Waals surface area contributed by atoms with Crippen molar-refractivity contribution in [2.24, 2.45) is 5.92 Å². The van der Waals surface area contributed by atoms with Crippen molar-refractivity contribution in [1.82, 2.24) is 10.6 Å². The second kappa shape index (κ2) is 7.92. The summed E-state index contributed by atoms with van der Waals surface area (Å²) in [5, 5.41) is 13.7. The molecule has 0 bridgehead atoms. The molecule has 2 atom stereocenters. The van der Waals surface area contributed by atoms with Crippen LogP contribution in [0.1, 0.15) is 20.8 Å². The first kappa shape index (κ1) is 14.7. The van der Waals surface area contributed by atoms with Crippen LogP contribution in [0.2, 0.25) is 0 Å². The summed E-state index contributed by atoms with van der Waals surface area (Å²) in [5.41, 5.74) is 0. The normalized spacial score (nSPS) is 13.9. The number of carbonyl (C=O) groups excluding carboxylic acids is 1. The quantitative estimate of drug-likeness (QED) is 0.594. The van der Waals surface area contributed by atoms with Crippen LogP contribution in [0.3, 0.4) is 0 Å². The molecule has 0 radical (unpaired) electrons. The van der Waals surface area contributed by atoms with E-state index in [4.69, 9.17) is 9.84 Å². The molecule has 0 saturated carbocycles. The molecule has 0 aromatic rings. The number of urea groups is 1. The number of ether oxygens (including phenoxy) is 1. The topological polar surface area (TPSA) is 87.7 Å². The van der Waals surface area contributed by atoms with E-state index in [0.29, 0.717) is 13.2 Å². The molecular weight excluding hydrogens is 212 g/mol. The Labute approximate surface area is 95.4 Å². The molecule has 0 aliphatic carbocycles. The summed E-state index contributed by atoms with van der Waals surface area (Å²) in [6, 6.07) is -0.375. The third-order valence-corrected chi connectivity index (χ3v) is 1.99. The van der Waals surface area contributed by atoms with E-state index < -0.39 is 11.9 Å². The molecule has 0 spiro atoms. The maximum Gasteiger partial charge on any atom is 0.314 e. The Morgan fingerprint density at radius 1 is 1.25 bits per heavy atom. The van der Waals surface area contributed by atoms with E-state index in [1.807, 2.05) is 13.8 Å². The van der Waals surface area contributed by atoms with Crippen LogP contribution < -0.4 is 10.6 Å². The van der Waals surface area contributed by atoms with Crippen molar-refractivity contribution in [3.05, 3.63) is 0 Å². The molecule has 2 unspecified atom stereocenters. The molecule has 0 fully saturated rings. The summed E-state index contributed by atoms with van der Waals surface area (Å²) in [6.45, 7) is 6.38. The van der Waals surface area contributed by atoms with Crippen LogP contribution >= 0.6 is 0 Å². The Balaban J connectivity index is 3.63. The minimum atomic E-state index is -0.928. The van der Waals surface area contributed by atoms with Gasteiger partial charge in [-0.25, -0.2) is 4.79 Å². The molecule has 0 saturated heterocycles. The molecule has 0 aliphatic rings. The van der Waals surface area contributed by atoms with E-state index in [1.165, 1.54) is 6.92 Å². The van der Waals surface area contributed by atoms with Crippen LogP contribution in [-0.4, -0.2) is 42.9 Å². The standard InChI is InChI=1S/C10H20N2O4/c1-4-16-8(3)6-12-10(15)11-5-7(2)9(13)14/h7-8H,4-6H2,1-3H3,(H,13,14)(H2,11,12,15). The van der Waals surface area contributed by atoms with E-state index in [1.54, 1.807) is 0 Å². The maximum atomic E-state index is 11.2. The number of carboxylic acid groups (broad SMARTS) is 1. The summed E-state index contributed by atoms with van der Waals surface area (Å²) in [5.74, 6) is -1.52. The second-order valence-corrected chi connectivity index (χ2v) is 3.60. The number of amides is 2. The van der Waals surface area contributed by atoms with Gasteiger partial charge >= 0.3 is 12.0 Å². The molecule has 94 valence electrons. The minimum absolute atomic E-state index is 0.0485. The number of hydrogen-bond acceptors (Lipinski definition) is 3. The Kier molecular flexibility index (Phi) is 7.28. The van der Waals surface area contributed by atoms with Crippen LogP contribution in [-0.2, 0) is 9.53 Å². The second-order valence-electron chi connectivity index (χ2n) is 3.60. The van der Waals surface area contributed by atoms with Crippen molar-refractivity contribution in [2.45, 2.75) is 26.9 Å². The van der Waals surface area contributed by atoms with Gasteiger partial charge in [0.2, 0.25) is 0 Å². The number of hydrogen-bond donors (Lipinski definition) is 3.